The molecule has 0 unspecified atom stereocenters. The number of nitrogens with zero attached hydrogens (tertiary/aromatic N) is 3. The zero-order valence-electron chi connectivity index (χ0n) is 7.38. The second-order valence-electron chi connectivity index (χ2n) is 2.97. The van der Waals surface area contributed by atoms with Gasteiger partial charge in [0.25, 0.3) is 0 Å². The van der Waals surface area contributed by atoms with Crippen LogP contribution in [0.1, 0.15) is 13.8 Å². The predicted molar refractivity (Wildman–Crippen MR) is 58.6 cm³/mol. The van der Waals surface area contributed by atoms with Gasteiger partial charge in [0, 0.05) is 6.54 Å². The smallest absolute Gasteiger partial charge is 0.227 e. The standard InChI is InChI=1S/C7H10Br2N4/c1-4(2)3-10-7-12-5(8)11-6(9)13-7/h4H,3H2,1-2H3,(H,10,11,12,13). The molecule has 4 nitrogen and oxygen atoms in total. The van der Waals surface area contributed by atoms with Gasteiger partial charge < -0.3 is 5.32 Å². The Morgan fingerprint density at radius 3 is 2.15 bits per heavy atom. The first kappa shape index (κ1) is 10.8. The van der Waals surface area contributed by atoms with Crippen LogP contribution >= 0.6 is 31.9 Å². The number of aromatic nitrogens is 3. The van der Waals surface area contributed by atoms with E-state index in [9.17, 15) is 0 Å². The van der Waals surface area contributed by atoms with Gasteiger partial charge in [-0.3, -0.25) is 0 Å². The average Bonchev–Trinajstić information content (AvgIpc) is 1.99. The van der Waals surface area contributed by atoms with Crippen molar-refractivity contribution < 1.29 is 0 Å². The lowest BCUT2D eigenvalue weighted by Gasteiger charge is -2.06. The maximum absolute atomic E-state index is 4.06. The normalized spacial score (nSPS) is 10.5. The average molecular weight is 310 g/mol. The Bertz CT molecular complexity index is 270. The highest BCUT2D eigenvalue weighted by molar-refractivity contribution is 9.11. The topological polar surface area (TPSA) is 50.7 Å². The summed E-state index contributed by atoms with van der Waals surface area (Å²) in [5.41, 5.74) is 0. The lowest BCUT2D eigenvalue weighted by atomic mass is 10.2. The molecule has 1 rings (SSSR count). The van der Waals surface area contributed by atoms with Gasteiger partial charge in [-0.05, 0) is 37.8 Å². The molecule has 0 atom stereocenters. The van der Waals surface area contributed by atoms with Crippen molar-refractivity contribution in [2.75, 3.05) is 11.9 Å². The van der Waals surface area contributed by atoms with Crippen LogP contribution in [0.25, 0.3) is 0 Å². The summed E-state index contributed by atoms with van der Waals surface area (Å²) in [5, 5.41) is 3.10. The van der Waals surface area contributed by atoms with Gasteiger partial charge in [-0.15, -0.1) is 0 Å². The van der Waals surface area contributed by atoms with Crippen LogP contribution in [0.3, 0.4) is 0 Å². The minimum atomic E-state index is 0.528. The van der Waals surface area contributed by atoms with E-state index in [0.717, 1.165) is 6.54 Å². The van der Waals surface area contributed by atoms with Gasteiger partial charge >= 0.3 is 0 Å². The monoisotopic (exact) mass is 308 g/mol. The fourth-order valence-corrected chi connectivity index (χ4v) is 1.61. The van der Waals surface area contributed by atoms with E-state index in [4.69, 9.17) is 0 Å². The van der Waals surface area contributed by atoms with E-state index in [1.165, 1.54) is 0 Å². The molecule has 1 aromatic heterocycles. The molecule has 0 fully saturated rings. The van der Waals surface area contributed by atoms with E-state index < -0.39 is 0 Å². The molecule has 0 saturated heterocycles. The quantitative estimate of drug-likeness (QED) is 0.932. The zero-order valence-corrected chi connectivity index (χ0v) is 10.6. The summed E-state index contributed by atoms with van der Waals surface area (Å²) in [6, 6.07) is 0. The second-order valence-corrected chi connectivity index (χ2v) is 4.39. The van der Waals surface area contributed by atoms with E-state index in [1.807, 2.05) is 0 Å². The Morgan fingerprint density at radius 1 is 1.15 bits per heavy atom. The van der Waals surface area contributed by atoms with Gasteiger partial charge in [0.1, 0.15) is 0 Å². The number of rotatable bonds is 3. The van der Waals surface area contributed by atoms with Crippen molar-refractivity contribution in [3.05, 3.63) is 9.47 Å². The van der Waals surface area contributed by atoms with Crippen molar-refractivity contribution in [3.63, 3.8) is 0 Å². The molecule has 0 aliphatic heterocycles. The molecule has 0 aromatic carbocycles. The van der Waals surface area contributed by atoms with Crippen LogP contribution in [0.15, 0.2) is 9.47 Å². The molecule has 6 heteroatoms. The summed E-state index contributed by atoms with van der Waals surface area (Å²) in [5.74, 6) is 1.15. The molecular formula is C7H10Br2N4. The molecule has 0 spiro atoms. The predicted octanol–water partition coefficient (Wildman–Crippen LogP) is 2.46. The van der Waals surface area contributed by atoms with E-state index in [2.05, 4.69) is 66.0 Å². The largest absolute Gasteiger partial charge is 0.354 e. The highest BCUT2D eigenvalue weighted by Crippen LogP contribution is 2.10. The van der Waals surface area contributed by atoms with E-state index in [0.29, 0.717) is 21.3 Å². The Balaban J connectivity index is 2.66. The van der Waals surface area contributed by atoms with Crippen molar-refractivity contribution in [3.8, 4) is 0 Å². The van der Waals surface area contributed by atoms with Gasteiger partial charge in [0.05, 0.1) is 0 Å². The first-order chi connectivity index (χ1) is 6.08. The van der Waals surface area contributed by atoms with Gasteiger partial charge in [0.15, 0.2) is 0 Å². The Kier molecular flexibility index (Phi) is 4.05. The molecule has 1 heterocycles. The minimum absolute atomic E-state index is 0.528. The fourth-order valence-electron chi connectivity index (χ4n) is 0.700. The van der Waals surface area contributed by atoms with Crippen LogP contribution in [0, 0.1) is 5.92 Å². The van der Waals surface area contributed by atoms with Crippen LogP contribution in [0.2, 0.25) is 0 Å². The number of nitrogens with one attached hydrogen (secondary N) is 1. The Hall–Kier alpha value is -0.230. The zero-order chi connectivity index (χ0) is 9.84. The van der Waals surface area contributed by atoms with Crippen molar-refractivity contribution in [2.45, 2.75) is 13.8 Å². The molecule has 72 valence electrons. The molecule has 0 aliphatic rings. The summed E-state index contributed by atoms with van der Waals surface area (Å²) < 4.78 is 1.06. The van der Waals surface area contributed by atoms with Gasteiger partial charge in [0.2, 0.25) is 15.4 Å². The van der Waals surface area contributed by atoms with E-state index in [1.54, 1.807) is 0 Å². The van der Waals surface area contributed by atoms with Crippen molar-refractivity contribution in [2.24, 2.45) is 5.92 Å². The summed E-state index contributed by atoms with van der Waals surface area (Å²) in [6.07, 6.45) is 0. The number of hydrogen-bond donors (Lipinski definition) is 1. The molecule has 0 saturated carbocycles. The first-order valence-electron chi connectivity index (χ1n) is 3.89. The van der Waals surface area contributed by atoms with E-state index >= 15 is 0 Å². The lowest BCUT2D eigenvalue weighted by Crippen LogP contribution is -2.11. The molecule has 13 heavy (non-hydrogen) atoms. The molecule has 1 aromatic rings. The van der Waals surface area contributed by atoms with Crippen molar-refractivity contribution in [1.82, 2.24) is 15.0 Å². The van der Waals surface area contributed by atoms with Gasteiger partial charge in [-0.2, -0.15) is 15.0 Å². The summed E-state index contributed by atoms with van der Waals surface area (Å²) >= 11 is 6.38. The lowest BCUT2D eigenvalue weighted by molar-refractivity contribution is 0.683. The third-order valence-electron chi connectivity index (χ3n) is 1.25. The fraction of sp³-hybridized carbons (Fsp3) is 0.571. The maximum Gasteiger partial charge on any atom is 0.227 e. The van der Waals surface area contributed by atoms with Gasteiger partial charge in [-0.1, -0.05) is 13.8 Å². The molecule has 0 bridgehead atoms. The molecule has 0 amide bonds. The number of hydrogen-bond acceptors (Lipinski definition) is 4. The van der Waals surface area contributed by atoms with Crippen molar-refractivity contribution in [1.29, 1.82) is 0 Å². The number of halogens is 2. The summed E-state index contributed by atoms with van der Waals surface area (Å²) in [7, 11) is 0. The van der Waals surface area contributed by atoms with Crippen LogP contribution in [-0.2, 0) is 0 Å². The van der Waals surface area contributed by atoms with Crippen molar-refractivity contribution >= 4 is 37.8 Å². The Morgan fingerprint density at radius 2 is 1.69 bits per heavy atom. The maximum atomic E-state index is 4.06. The highest BCUT2D eigenvalue weighted by Gasteiger charge is 2.02. The minimum Gasteiger partial charge on any atom is -0.354 e. The third-order valence-corrected chi connectivity index (χ3v) is 1.96. The Labute approximate surface area is 93.8 Å². The van der Waals surface area contributed by atoms with E-state index in [-0.39, 0.29) is 0 Å². The van der Waals surface area contributed by atoms with Crippen LogP contribution in [0.4, 0.5) is 5.95 Å². The summed E-state index contributed by atoms with van der Waals surface area (Å²) in [6.45, 7) is 5.10. The molecule has 0 radical (unpaired) electrons. The summed E-state index contributed by atoms with van der Waals surface area (Å²) in [4.78, 5) is 12.1. The van der Waals surface area contributed by atoms with Gasteiger partial charge in [-0.25, -0.2) is 0 Å². The second kappa shape index (κ2) is 4.85. The molecule has 1 N–H and O–H groups in total. The van der Waals surface area contributed by atoms with Crippen LogP contribution in [-0.4, -0.2) is 21.5 Å². The molecular weight excluding hydrogens is 300 g/mol. The third kappa shape index (κ3) is 3.99. The highest BCUT2D eigenvalue weighted by atomic mass is 79.9. The first-order valence-corrected chi connectivity index (χ1v) is 5.47. The number of anilines is 1. The van der Waals surface area contributed by atoms with Crippen LogP contribution < -0.4 is 5.32 Å². The van der Waals surface area contributed by atoms with Crippen LogP contribution in [0.5, 0.6) is 0 Å². The SMILES string of the molecule is CC(C)CNc1nc(Br)nc(Br)n1. The molecule has 0 aliphatic carbocycles.